The average molecular weight is 396 g/mol. The molecule has 1 amide bonds. The van der Waals surface area contributed by atoms with Gasteiger partial charge in [0.25, 0.3) is 0 Å². The Morgan fingerprint density at radius 1 is 1.31 bits per heavy atom. The number of nitrogens with one attached hydrogen (secondary N) is 1. The van der Waals surface area contributed by atoms with Crippen LogP contribution < -0.4 is 11.1 Å². The molecular weight excluding hydrogens is 370 g/mol. The average Bonchev–Trinajstić information content (AvgIpc) is 3.13. The van der Waals surface area contributed by atoms with E-state index in [1.165, 1.54) is 30.6 Å². The molecule has 7 heteroatoms. The summed E-state index contributed by atoms with van der Waals surface area (Å²) in [6, 6.07) is 2.27. The first kappa shape index (κ1) is 19.4. The molecule has 2 aliphatic rings. The first-order valence-electron chi connectivity index (χ1n) is 9.10. The quantitative estimate of drug-likeness (QED) is 0.799. The fourth-order valence-corrected chi connectivity index (χ4v) is 5.26. The second-order valence-corrected chi connectivity index (χ2v) is 8.41. The van der Waals surface area contributed by atoms with Gasteiger partial charge >= 0.3 is 0 Å². The number of anilines is 1. The minimum Gasteiger partial charge on any atom is -0.466 e. The summed E-state index contributed by atoms with van der Waals surface area (Å²) in [4.78, 5) is 17.3. The Balaban J connectivity index is 0.00000196. The minimum absolute atomic E-state index is 0. The predicted molar refractivity (Wildman–Crippen MR) is 107 cm³/mol. The summed E-state index contributed by atoms with van der Waals surface area (Å²) < 4.78 is 5.57. The number of rotatable bonds is 3. The minimum atomic E-state index is 0. The Labute approximate surface area is 164 Å². The number of aryl methyl sites for hydroxylation is 2. The van der Waals surface area contributed by atoms with Crippen LogP contribution in [0.3, 0.4) is 0 Å². The molecule has 2 atom stereocenters. The molecule has 0 radical (unpaired) electrons. The molecule has 2 aliphatic carbocycles. The maximum atomic E-state index is 12.7. The smallest absolute Gasteiger partial charge is 0.229 e. The van der Waals surface area contributed by atoms with Gasteiger partial charge in [-0.3, -0.25) is 4.79 Å². The van der Waals surface area contributed by atoms with Crippen molar-refractivity contribution in [1.29, 1.82) is 0 Å². The summed E-state index contributed by atoms with van der Waals surface area (Å²) in [6.07, 6.45) is 5.43. The van der Waals surface area contributed by atoms with Crippen LogP contribution in [-0.2, 0) is 4.79 Å². The van der Waals surface area contributed by atoms with E-state index in [2.05, 4.69) is 10.3 Å². The third-order valence-corrected chi connectivity index (χ3v) is 6.59. The molecule has 2 aromatic rings. The van der Waals surface area contributed by atoms with Crippen molar-refractivity contribution in [2.24, 2.45) is 23.5 Å². The molecule has 0 aliphatic heterocycles. The van der Waals surface area contributed by atoms with Crippen LogP contribution in [0.2, 0.25) is 0 Å². The highest BCUT2D eigenvalue weighted by atomic mass is 35.5. The van der Waals surface area contributed by atoms with Crippen LogP contribution in [0, 0.1) is 31.6 Å². The van der Waals surface area contributed by atoms with E-state index in [4.69, 9.17) is 10.2 Å². The Morgan fingerprint density at radius 3 is 2.62 bits per heavy atom. The molecule has 0 saturated heterocycles. The zero-order chi connectivity index (χ0) is 17.6. The van der Waals surface area contributed by atoms with Crippen molar-refractivity contribution in [3.05, 3.63) is 23.0 Å². The Bertz CT molecular complexity index is 774. The number of hydrogen-bond acceptors (Lipinski definition) is 5. The van der Waals surface area contributed by atoms with E-state index in [0.717, 1.165) is 35.6 Å². The summed E-state index contributed by atoms with van der Waals surface area (Å²) in [7, 11) is 0. The van der Waals surface area contributed by atoms with Crippen LogP contribution >= 0.6 is 23.7 Å². The van der Waals surface area contributed by atoms with E-state index in [0.29, 0.717) is 17.0 Å². The lowest BCUT2D eigenvalue weighted by Crippen LogP contribution is -2.48. The second-order valence-electron chi connectivity index (χ2n) is 7.55. The van der Waals surface area contributed by atoms with Gasteiger partial charge in [0.15, 0.2) is 5.13 Å². The first-order chi connectivity index (χ1) is 12.0. The zero-order valence-electron chi connectivity index (χ0n) is 15.2. The third kappa shape index (κ3) is 3.68. The fraction of sp³-hybridized carbons (Fsp3) is 0.579. The highest BCUT2D eigenvalue weighted by Crippen LogP contribution is 2.42. The predicted octanol–water partition coefficient (Wildman–Crippen LogP) is 4.53. The van der Waals surface area contributed by atoms with Crippen molar-refractivity contribution in [3.63, 3.8) is 0 Å². The summed E-state index contributed by atoms with van der Waals surface area (Å²) in [6.45, 7) is 3.86. The van der Waals surface area contributed by atoms with E-state index in [9.17, 15) is 4.79 Å². The van der Waals surface area contributed by atoms with Gasteiger partial charge in [0.2, 0.25) is 5.91 Å². The van der Waals surface area contributed by atoms with Gasteiger partial charge in [-0.2, -0.15) is 0 Å². The number of nitrogens with zero attached hydrogens (tertiary/aromatic N) is 1. The van der Waals surface area contributed by atoms with Crippen LogP contribution in [-0.4, -0.2) is 16.9 Å². The van der Waals surface area contributed by atoms with Gasteiger partial charge in [-0.1, -0.05) is 6.42 Å². The summed E-state index contributed by atoms with van der Waals surface area (Å²) in [5, 5.41) is 5.66. The summed E-state index contributed by atoms with van der Waals surface area (Å²) >= 11 is 1.47. The number of carbonyl (C=O) groups is 1. The standard InChI is InChI=1S/C19H25N3O2S.ClH/c1-10-6-15(11(2)24-10)16-9-25-19(21-16)22-18(23)14-7-12-4-3-5-13(8-14)17(12)20;/h6,9,12-14,17H,3-5,7-8,20H2,1-2H3,(H,21,22,23);1H. The SMILES string of the molecule is Cc1cc(-c2csc(NC(=O)C3CC4CCCC(C3)C4N)n2)c(C)o1.Cl. The third-order valence-electron chi connectivity index (χ3n) is 5.84. The van der Waals surface area contributed by atoms with Crippen molar-refractivity contribution in [3.8, 4) is 11.3 Å². The fourth-order valence-electron chi connectivity index (χ4n) is 4.55. The van der Waals surface area contributed by atoms with Crippen molar-refractivity contribution in [2.75, 3.05) is 5.32 Å². The van der Waals surface area contributed by atoms with Gasteiger partial charge in [-0.25, -0.2) is 4.98 Å². The highest BCUT2D eigenvalue weighted by molar-refractivity contribution is 7.14. The Kier molecular flexibility index (Phi) is 5.75. The molecule has 0 spiro atoms. The molecular formula is C19H26ClN3O2S. The van der Waals surface area contributed by atoms with Crippen LogP contribution in [0.25, 0.3) is 11.3 Å². The Hall–Kier alpha value is -1.37. The van der Waals surface area contributed by atoms with E-state index < -0.39 is 0 Å². The number of thiazole rings is 1. The number of amides is 1. The number of halogens is 1. The summed E-state index contributed by atoms with van der Waals surface area (Å²) in [5.74, 6) is 2.91. The molecule has 4 rings (SSSR count). The van der Waals surface area contributed by atoms with Crippen molar-refractivity contribution < 1.29 is 9.21 Å². The normalized spacial score (nSPS) is 27.7. The van der Waals surface area contributed by atoms with E-state index in [1.54, 1.807) is 0 Å². The number of hydrogen-bond donors (Lipinski definition) is 2. The van der Waals surface area contributed by atoms with Gasteiger partial charge in [-0.05, 0) is 57.4 Å². The molecule has 0 aromatic carbocycles. The van der Waals surface area contributed by atoms with Gasteiger partial charge < -0.3 is 15.5 Å². The molecule has 26 heavy (non-hydrogen) atoms. The number of fused-ring (bicyclic) bond motifs is 2. The van der Waals surface area contributed by atoms with Gasteiger partial charge in [0.05, 0.1) is 5.69 Å². The van der Waals surface area contributed by atoms with Crippen molar-refractivity contribution >= 4 is 34.8 Å². The molecule has 142 valence electrons. The molecule has 2 bridgehead atoms. The van der Waals surface area contributed by atoms with E-state index in [1.807, 2.05) is 25.3 Å². The Morgan fingerprint density at radius 2 is 2.00 bits per heavy atom. The largest absolute Gasteiger partial charge is 0.466 e. The second kappa shape index (κ2) is 7.71. The summed E-state index contributed by atoms with van der Waals surface area (Å²) in [5.41, 5.74) is 8.18. The lowest BCUT2D eigenvalue weighted by atomic mass is 9.65. The molecule has 2 fully saturated rings. The molecule has 2 saturated carbocycles. The van der Waals surface area contributed by atoms with Crippen LogP contribution in [0.4, 0.5) is 5.13 Å². The van der Waals surface area contributed by atoms with Crippen LogP contribution in [0.5, 0.6) is 0 Å². The highest BCUT2D eigenvalue weighted by Gasteiger charge is 2.40. The zero-order valence-corrected chi connectivity index (χ0v) is 16.8. The maximum absolute atomic E-state index is 12.7. The molecule has 5 nitrogen and oxygen atoms in total. The molecule has 3 N–H and O–H groups in total. The topological polar surface area (TPSA) is 81.2 Å². The van der Waals surface area contributed by atoms with Gasteiger partial charge in [-0.15, -0.1) is 23.7 Å². The van der Waals surface area contributed by atoms with Crippen molar-refractivity contribution in [1.82, 2.24) is 4.98 Å². The molecule has 2 unspecified atom stereocenters. The monoisotopic (exact) mass is 395 g/mol. The van der Waals surface area contributed by atoms with Crippen LogP contribution in [0.15, 0.2) is 15.9 Å². The number of nitrogens with two attached hydrogens (primary N) is 1. The van der Waals surface area contributed by atoms with E-state index >= 15 is 0 Å². The molecule has 2 aromatic heterocycles. The van der Waals surface area contributed by atoms with Crippen molar-refractivity contribution in [2.45, 2.75) is 52.0 Å². The lowest BCUT2D eigenvalue weighted by Gasteiger charge is -2.43. The van der Waals surface area contributed by atoms with Gasteiger partial charge in [0, 0.05) is 22.9 Å². The maximum Gasteiger partial charge on any atom is 0.229 e. The lowest BCUT2D eigenvalue weighted by molar-refractivity contribution is -0.122. The first-order valence-corrected chi connectivity index (χ1v) is 9.98. The van der Waals surface area contributed by atoms with E-state index in [-0.39, 0.29) is 30.3 Å². The number of furan rings is 1. The molecule has 2 heterocycles. The van der Waals surface area contributed by atoms with Crippen LogP contribution in [0.1, 0.15) is 43.6 Å². The van der Waals surface area contributed by atoms with Gasteiger partial charge in [0.1, 0.15) is 11.5 Å². The number of aromatic nitrogens is 1. The number of carbonyl (C=O) groups excluding carboxylic acids is 1.